The van der Waals surface area contributed by atoms with Crippen molar-refractivity contribution in [2.24, 2.45) is 5.73 Å². The number of nitrogens with zero attached hydrogens (tertiary/aromatic N) is 1. The molecule has 2 rings (SSSR count). The molecule has 0 spiro atoms. The van der Waals surface area contributed by atoms with Crippen LogP contribution < -0.4 is 11.1 Å². The third-order valence-corrected chi connectivity index (χ3v) is 4.27. The Morgan fingerprint density at radius 3 is 2.54 bits per heavy atom. The van der Waals surface area contributed by atoms with Crippen molar-refractivity contribution < 1.29 is 5.11 Å². The highest BCUT2D eigenvalue weighted by molar-refractivity contribution is 5.35. The first-order chi connectivity index (χ1) is 11.4. The summed E-state index contributed by atoms with van der Waals surface area (Å²) >= 11 is 0. The van der Waals surface area contributed by atoms with Crippen molar-refractivity contribution in [2.75, 3.05) is 6.54 Å². The monoisotopic (exact) mass is 323 g/mol. The average molecular weight is 323 g/mol. The maximum atomic E-state index is 10.4. The molecule has 2 aromatic carbocycles. The van der Waals surface area contributed by atoms with Gasteiger partial charge >= 0.3 is 0 Å². The van der Waals surface area contributed by atoms with Gasteiger partial charge in [-0.3, -0.25) is 0 Å². The van der Waals surface area contributed by atoms with Crippen molar-refractivity contribution in [3.8, 4) is 6.07 Å². The van der Waals surface area contributed by atoms with Gasteiger partial charge in [0, 0.05) is 18.1 Å². The second-order valence-electron chi connectivity index (χ2n) is 6.62. The van der Waals surface area contributed by atoms with Crippen LogP contribution in [0.4, 0.5) is 0 Å². The molecule has 0 aliphatic rings. The lowest BCUT2D eigenvalue weighted by molar-refractivity contribution is 0.131. The molecule has 2 atom stereocenters. The molecule has 0 amide bonds. The van der Waals surface area contributed by atoms with Gasteiger partial charge in [-0.25, -0.2) is 0 Å². The zero-order valence-corrected chi connectivity index (χ0v) is 14.2. The van der Waals surface area contributed by atoms with E-state index in [0.717, 1.165) is 11.1 Å². The van der Waals surface area contributed by atoms with Crippen LogP contribution in [0.5, 0.6) is 0 Å². The Bertz CT molecular complexity index is 692. The standard InChI is InChI=1S/C20H25N3O/c1-20(2,17-10-6-9-16(11-17)13-21)23-14-19(24)18(22)12-15-7-4-3-5-8-15/h3-11,18-19,23-24H,12,14,22H2,1-2H3/t18-,19+/m0/s1. The first-order valence-corrected chi connectivity index (χ1v) is 8.15. The van der Waals surface area contributed by atoms with E-state index in [1.165, 1.54) is 0 Å². The van der Waals surface area contributed by atoms with E-state index in [4.69, 9.17) is 11.0 Å². The van der Waals surface area contributed by atoms with Crippen LogP contribution in [0.2, 0.25) is 0 Å². The lowest BCUT2D eigenvalue weighted by Gasteiger charge is -2.30. The van der Waals surface area contributed by atoms with Gasteiger partial charge in [-0.15, -0.1) is 0 Å². The molecular weight excluding hydrogens is 298 g/mol. The molecule has 4 heteroatoms. The first-order valence-electron chi connectivity index (χ1n) is 8.15. The summed E-state index contributed by atoms with van der Waals surface area (Å²) in [7, 11) is 0. The molecule has 0 aliphatic heterocycles. The van der Waals surface area contributed by atoms with E-state index >= 15 is 0 Å². The van der Waals surface area contributed by atoms with E-state index in [0.29, 0.717) is 18.5 Å². The summed E-state index contributed by atoms with van der Waals surface area (Å²) in [5.74, 6) is 0. The number of benzene rings is 2. The molecule has 4 nitrogen and oxygen atoms in total. The molecular formula is C20H25N3O. The molecule has 126 valence electrons. The number of nitrogens with two attached hydrogens (primary N) is 1. The third-order valence-electron chi connectivity index (χ3n) is 4.27. The number of hydrogen-bond donors (Lipinski definition) is 3. The number of nitrogens with one attached hydrogen (secondary N) is 1. The van der Waals surface area contributed by atoms with Gasteiger partial charge in [0.1, 0.15) is 0 Å². The predicted molar refractivity (Wildman–Crippen MR) is 96.3 cm³/mol. The Morgan fingerprint density at radius 1 is 1.17 bits per heavy atom. The maximum absolute atomic E-state index is 10.4. The minimum absolute atomic E-state index is 0.332. The maximum Gasteiger partial charge on any atom is 0.0991 e. The van der Waals surface area contributed by atoms with Crippen LogP contribution in [0.15, 0.2) is 54.6 Å². The summed E-state index contributed by atoms with van der Waals surface area (Å²) in [4.78, 5) is 0. The summed E-state index contributed by atoms with van der Waals surface area (Å²) < 4.78 is 0. The molecule has 0 aromatic heterocycles. The van der Waals surface area contributed by atoms with Gasteiger partial charge in [-0.2, -0.15) is 5.26 Å². The van der Waals surface area contributed by atoms with Gasteiger partial charge in [0.05, 0.1) is 17.7 Å². The highest BCUT2D eigenvalue weighted by Crippen LogP contribution is 2.21. The number of hydrogen-bond acceptors (Lipinski definition) is 4. The van der Waals surface area contributed by atoms with E-state index in [1.807, 2.05) is 62.4 Å². The predicted octanol–water partition coefficient (Wildman–Crippen LogP) is 2.31. The van der Waals surface area contributed by atoms with Crippen LogP contribution >= 0.6 is 0 Å². The Hall–Kier alpha value is -2.19. The summed E-state index contributed by atoms with van der Waals surface area (Å²) in [6.07, 6.45) is -0.0164. The molecule has 0 heterocycles. The minimum Gasteiger partial charge on any atom is -0.390 e. The van der Waals surface area contributed by atoms with E-state index < -0.39 is 6.10 Å². The van der Waals surface area contributed by atoms with Gasteiger partial charge < -0.3 is 16.2 Å². The Morgan fingerprint density at radius 2 is 1.88 bits per heavy atom. The van der Waals surface area contributed by atoms with Gasteiger partial charge in [0.25, 0.3) is 0 Å². The molecule has 4 N–H and O–H groups in total. The molecule has 0 saturated heterocycles. The van der Waals surface area contributed by atoms with E-state index in [9.17, 15) is 5.11 Å². The van der Waals surface area contributed by atoms with Crippen molar-refractivity contribution in [1.29, 1.82) is 5.26 Å². The van der Waals surface area contributed by atoms with E-state index in [2.05, 4.69) is 11.4 Å². The smallest absolute Gasteiger partial charge is 0.0991 e. The zero-order valence-electron chi connectivity index (χ0n) is 14.2. The molecule has 0 fully saturated rings. The Labute approximate surface area is 143 Å². The Kier molecular flexibility index (Phi) is 6.10. The van der Waals surface area contributed by atoms with Crippen LogP contribution in [0.25, 0.3) is 0 Å². The van der Waals surface area contributed by atoms with Crippen molar-refractivity contribution in [3.05, 3.63) is 71.3 Å². The molecule has 0 radical (unpaired) electrons. The molecule has 0 saturated carbocycles. The molecule has 0 bridgehead atoms. The second kappa shape index (κ2) is 8.07. The third kappa shape index (κ3) is 4.90. The van der Waals surface area contributed by atoms with Crippen LogP contribution in [-0.4, -0.2) is 23.8 Å². The zero-order chi connectivity index (χ0) is 17.6. The van der Waals surface area contributed by atoms with Crippen LogP contribution in [0, 0.1) is 11.3 Å². The van der Waals surface area contributed by atoms with E-state index in [1.54, 1.807) is 6.07 Å². The van der Waals surface area contributed by atoms with Crippen LogP contribution in [0.1, 0.15) is 30.5 Å². The summed E-state index contributed by atoms with van der Waals surface area (Å²) in [5.41, 5.74) is 8.52. The Balaban J connectivity index is 1.94. The number of aliphatic hydroxyl groups is 1. The molecule has 2 aromatic rings. The fraction of sp³-hybridized carbons (Fsp3) is 0.350. The van der Waals surface area contributed by atoms with Crippen LogP contribution in [-0.2, 0) is 12.0 Å². The lowest BCUT2D eigenvalue weighted by Crippen LogP contribution is -2.48. The first kappa shape index (κ1) is 18.2. The highest BCUT2D eigenvalue weighted by Gasteiger charge is 2.23. The highest BCUT2D eigenvalue weighted by atomic mass is 16.3. The van der Waals surface area contributed by atoms with Crippen molar-refractivity contribution in [3.63, 3.8) is 0 Å². The van der Waals surface area contributed by atoms with Crippen molar-refractivity contribution in [1.82, 2.24) is 5.32 Å². The van der Waals surface area contributed by atoms with Gasteiger partial charge in [0.2, 0.25) is 0 Å². The molecule has 0 aliphatic carbocycles. The number of nitriles is 1. The fourth-order valence-corrected chi connectivity index (χ4v) is 2.61. The number of aliphatic hydroxyl groups excluding tert-OH is 1. The second-order valence-corrected chi connectivity index (χ2v) is 6.62. The molecule has 24 heavy (non-hydrogen) atoms. The van der Waals surface area contributed by atoms with Crippen molar-refractivity contribution >= 4 is 0 Å². The molecule has 0 unspecified atom stereocenters. The van der Waals surface area contributed by atoms with Crippen LogP contribution in [0.3, 0.4) is 0 Å². The van der Waals surface area contributed by atoms with Gasteiger partial charge in [-0.05, 0) is 43.5 Å². The normalized spacial score (nSPS) is 14.0. The quantitative estimate of drug-likeness (QED) is 0.730. The lowest BCUT2D eigenvalue weighted by atomic mass is 9.92. The van der Waals surface area contributed by atoms with Gasteiger partial charge in [-0.1, -0.05) is 42.5 Å². The minimum atomic E-state index is -0.649. The van der Waals surface area contributed by atoms with Crippen molar-refractivity contribution in [2.45, 2.75) is 38.0 Å². The fourth-order valence-electron chi connectivity index (χ4n) is 2.61. The average Bonchev–Trinajstić information content (AvgIpc) is 2.60. The largest absolute Gasteiger partial charge is 0.390 e. The van der Waals surface area contributed by atoms with Gasteiger partial charge in [0.15, 0.2) is 0 Å². The topological polar surface area (TPSA) is 82.1 Å². The summed E-state index contributed by atoms with van der Waals surface area (Å²) in [6, 6.07) is 19.2. The SMILES string of the molecule is CC(C)(NC[C@@H](O)[C@@H](N)Cc1ccccc1)c1cccc(C#N)c1. The van der Waals surface area contributed by atoms with E-state index in [-0.39, 0.29) is 11.6 Å². The summed E-state index contributed by atoms with van der Waals surface area (Å²) in [6.45, 7) is 4.44. The number of rotatable bonds is 7. The summed E-state index contributed by atoms with van der Waals surface area (Å²) in [5, 5.41) is 22.7.